The first-order valence-corrected chi connectivity index (χ1v) is 6.40. The fourth-order valence-corrected chi connectivity index (χ4v) is 2.14. The molecule has 2 aromatic carbocycles. The van der Waals surface area contributed by atoms with Crippen LogP contribution in [0.4, 0.5) is 5.69 Å². The molecule has 0 saturated heterocycles. The van der Waals surface area contributed by atoms with Gasteiger partial charge in [-0.2, -0.15) is 10.4 Å². The van der Waals surface area contributed by atoms with Crippen LogP contribution in [0, 0.1) is 11.3 Å². The van der Waals surface area contributed by atoms with Gasteiger partial charge in [-0.15, -0.1) is 0 Å². The number of hydrogen-bond donors (Lipinski definition) is 1. The zero-order valence-electron chi connectivity index (χ0n) is 11.4. The fraction of sp³-hybridized carbons (Fsp3) is 0.0625. The summed E-state index contributed by atoms with van der Waals surface area (Å²) in [6.07, 6.45) is 1.72. The molecule has 0 aliphatic carbocycles. The second kappa shape index (κ2) is 5.10. The normalized spacial score (nSPS) is 10.3. The minimum atomic E-state index is -0.115. The quantitative estimate of drug-likeness (QED) is 0.782. The van der Waals surface area contributed by atoms with Crippen LogP contribution in [0.25, 0.3) is 10.9 Å². The van der Waals surface area contributed by atoms with Gasteiger partial charge in [0.2, 0.25) is 0 Å². The van der Waals surface area contributed by atoms with Crippen LogP contribution in [0.2, 0.25) is 0 Å². The summed E-state index contributed by atoms with van der Waals surface area (Å²) in [5.41, 5.74) is 2.72. The van der Waals surface area contributed by atoms with Crippen molar-refractivity contribution >= 4 is 22.5 Å². The Kier molecular flexibility index (Phi) is 3.13. The third-order valence-corrected chi connectivity index (χ3v) is 3.38. The van der Waals surface area contributed by atoms with E-state index in [0.717, 1.165) is 16.6 Å². The molecule has 0 unspecified atom stereocenters. The maximum absolute atomic E-state index is 12.5. The van der Waals surface area contributed by atoms with E-state index < -0.39 is 0 Å². The molecule has 0 radical (unpaired) electrons. The molecule has 1 heterocycles. The summed E-state index contributed by atoms with van der Waals surface area (Å²) < 4.78 is 0. The first-order valence-electron chi connectivity index (χ1n) is 6.40. The highest BCUT2D eigenvalue weighted by molar-refractivity contribution is 6.07. The summed E-state index contributed by atoms with van der Waals surface area (Å²) in [7, 11) is 1.71. The number of nitriles is 1. The van der Waals surface area contributed by atoms with E-state index >= 15 is 0 Å². The van der Waals surface area contributed by atoms with Gasteiger partial charge in [-0.25, -0.2) is 0 Å². The van der Waals surface area contributed by atoms with Crippen molar-refractivity contribution in [2.24, 2.45) is 0 Å². The van der Waals surface area contributed by atoms with Crippen LogP contribution in [-0.4, -0.2) is 23.2 Å². The Balaban J connectivity index is 1.90. The minimum Gasteiger partial charge on any atom is -0.311 e. The number of nitrogens with zero attached hydrogens (tertiary/aromatic N) is 3. The van der Waals surface area contributed by atoms with Gasteiger partial charge >= 0.3 is 0 Å². The van der Waals surface area contributed by atoms with Crippen molar-refractivity contribution in [1.82, 2.24) is 10.2 Å². The van der Waals surface area contributed by atoms with E-state index in [2.05, 4.69) is 16.3 Å². The summed E-state index contributed by atoms with van der Waals surface area (Å²) in [5, 5.41) is 16.6. The molecule has 0 bridgehead atoms. The van der Waals surface area contributed by atoms with Crippen LogP contribution in [0.1, 0.15) is 15.9 Å². The molecule has 0 fully saturated rings. The highest BCUT2D eigenvalue weighted by Crippen LogP contribution is 2.18. The van der Waals surface area contributed by atoms with Crippen molar-refractivity contribution < 1.29 is 4.79 Å². The van der Waals surface area contributed by atoms with Crippen molar-refractivity contribution in [1.29, 1.82) is 5.26 Å². The summed E-state index contributed by atoms with van der Waals surface area (Å²) in [6.45, 7) is 0. The van der Waals surface area contributed by atoms with Crippen molar-refractivity contribution in [3.8, 4) is 6.07 Å². The number of carbonyl (C=O) groups is 1. The number of benzene rings is 2. The van der Waals surface area contributed by atoms with E-state index in [0.29, 0.717) is 11.1 Å². The Labute approximate surface area is 121 Å². The molecule has 3 rings (SSSR count). The third-order valence-electron chi connectivity index (χ3n) is 3.38. The van der Waals surface area contributed by atoms with Crippen molar-refractivity contribution in [2.45, 2.75) is 0 Å². The molecule has 0 atom stereocenters. The molecule has 1 N–H and O–H groups in total. The predicted molar refractivity (Wildman–Crippen MR) is 80.0 cm³/mol. The lowest BCUT2D eigenvalue weighted by Crippen LogP contribution is -2.26. The van der Waals surface area contributed by atoms with Crippen LogP contribution >= 0.6 is 0 Å². The van der Waals surface area contributed by atoms with E-state index in [-0.39, 0.29) is 5.91 Å². The molecular weight excluding hydrogens is 264 g/mol. The van der Waals surface area contributed by atoms with Gasteiger partial charge in [-0.3, -0.25) is 9.89 Å². The molecule has 0 saturated carbocycles. The topological polar surface area (TPSA) is 72.8 Å². The molecule has 1 amide bonds. The second-order valence-electron chi connectivity index (χ2n) is 4.69. The van der Waals surface area contributed by atoms with E-state index in [9.17, 15) is 4.79 Å². The standard InChI is InChI=1S/C16H12N4O/c1-20(14-6-2-11(9-17)3-7-14)16(21)12-4-5-13-10-18-19-15(13)8-12/h2-8,10H,1H3,(H,18,19). The van der Waals surface area contributed by atoms with Gasteiger partial charge in [0.15, 0.2) is 0 Å². The molecule has 21 heavy (non-hydrogen) atoms. The highest BCUT2D eigenvalue weighted by Gasteiger charge is 2.14. The monoisotopic (exact) mass is 276 g/mol. The molecule has 0 aliphatic rings. The maximum Gasteiger partial charge on any atom is 0.258 e. The van der Waals surface area contributed by atoms with Crippen LogP contribution < -0.4 is 4.90 Å². The molecule has 5 nitrogen and oxygen atoms in total. The van der Waals surface area contributed by atoms with Crippen molar-refractivity contribution in [3.05, 3.63) is 59.8 Å². The Bertz CT molecular complexity index is 843. The van der Waals surface area contributed by atoms with Crippen molar-refractivity contribution in [2.75, 3.05) is 11.9 Å². The molecular formula is C16H12N4O. The number of nitrogens with one attached hydrogen (secondary N) is 1. The number of anilines is 1. The molecule has 5 heteroatoms. The van der Waals surface area contributed by atoms with E-state index in [1.807, 2.05) is 6.07 Å². The molecule has 1 aromatic heterocycles. The lowest BCUT2D eigenvalue weighted by molar-refractivity contribution is 0.0993. The van der Waals surface area contributed by atoms with Gasteiger partial charge in [0.05, 0.1) is 23.3 Å². The van der Waals surface area contributed by atoms with Gasteiger partial charge in [0.25, 0.3) is 5.91 Å². The fourth-order valence-electron chi connectivity index (χ4n) is 2.14. The van der Waals surface area contributed by atoms with Gasteiger partial charge in [0.1, 0.15) is 0 Å². The Morgan fingerprint density at radius 1 is 1.24 bits per heavy atom. The largest absolute Gasteiger partial charge is 0.311 e. The zero-order valence-corrected chi connectivity index (χ0v) is 11.4. The minimum absolute atomic E-state index is 0.115. The average molecular weight is 276 g/mol. The van der Waals surface area contributed by atoms with Crippen molar-refractivity contribution in [3.63, 3.8) is 0 Å². The van der Waals surface area contributed by atoms with Crippen LogP contribution in [-0.2, 0) is 0 Å². The zero-order chi connectivity index (χ0) is 14.8. The predicted octanol–water partition coefficient (Wildman–Crippen LogP) is 2.71. The highest BCUT2D eigenvalue weighted by atomic mass is 16.2. The number of aromatic amines is 1. The number of carbonyl (C=O) groups excluding carboxylic acids is 1. The van der Waals surface area contributed by atoms with E-state index in [4.69, 9.17) is 5.26 Å². The lowest BCUT2D eigenvalue weighted by atomic mass is 10.1. The first kappa shape index (κ1) is 12.9. The van der Waals surface area contributed by atoms with Gasteiger partial charge in [-0.05, 0) is 36.4 Å². The SMILES string of the molecule is CN(C(=O)c1ccc2cn[nH]c2c1)c1ccc(C#N)cc1. The summed E-state index contributed by atoms with van der Waals surface area (Å²) in [5.74, 6) is -0.115. The van der Waals surface area contributed by atoms with E-state index in [1.165, 1.54) is 0 Å². The third kappa shape index (κ3) is 2.35. The Hall–Kier alpha value is -3.13. The lowest BCUT2D eigenvalue weighted by Gasteiger charge is -2.17. The first-order chi connectivity index (χ1) is 10.2. The van der Waals surface area contributed by atoms with E-state index in [1.54, 1.807) is 54.5 Å². The smallest absolute Gasteiger partial charge is 0.258 e. The van der Waals surface area contributed by atoms with Gasteiger partial charge in [-0.1, -0.05) is 6.07 Å². The molecule has 0 spiro atoms. The summed E-state index contributed by atoms with van der Waals surface area (Å²) >= 11 is 0. The van der Waals surface area contributed by atoms with Crippen LogP contribution in [0.5, 0.6) is 0 Å². The van der Waals surface area contributed by atoms with Gasteiger partial charge < -0.3 is 4.90 Å². The Morgan fingerprint density at radius 3 is 2.71 bits per heavy atom. The maximum atomic E-state index is 12.5. The number of H-pyrrole nitrogens is 1. The average Bonchev–Trinajstić information content (AvgIpc) is 3.01. The van der Waals surface area contributed by atoms with Crippen LogP contribution in [0.15, 0.2) is 48.7 Å². The molecule has 3 aromatic rings. The number of fused-ring (bicyclic) bond motifs is 1. The Morgan fingerprint density at radius 2 is 2.00 bits per heavy atom. The summed E-state index contributed by atoms with van der Waals surface area (Å²) in [4.78, 5) is 14.0. The second-order valence-corrected chi connectivity index (χ2v) is 4.69. The molecule has 0 aliphatic heterocycles. The summed E-state index contributed by atoms with van der Waals surface area (Å²) in [6, 6.07) is 14.4. The molecule has 102 valence electrons. The number of amides is 1. The number of rotatable bonds is 2. The van der Waals surface area contributed by atoms with Crippen LogP contribution in [0.3, 0.4) is 0 Å². The number of hydrogen-bond acceptors (Lipinski definition) is 3. The van der Waals surface area contributed by atoms with Gasteiger partial charge in [0, 0.05) is 23.7 Å². The number of aromatic nitrogens is 2.